The Labute approximate surface area is 166 Å². The number of anilines is 1. The van der Waals surface area contributed by atoms with Gasteiger partial charge in [-0.15, -0.1) is 0 Å². The third kappa shape index (κ3) is 3.38. The molecule has 1 unspecified atom stereocenters. The van der Waals surface area contributed by atoms with E-state index in [1.165, 1.54) is 16.7 Å². The van der Waals surface area contributed by atoms with Gasteiger partial charge in [0.05, 0.1) is 18.6 Å². The minimum absolute atomic E-state index is 0.123. The lowest BCUT2D eigenvalue weighted by atomic mass is 10.1. The van der Waals surface area contributed by atoms with E-state index < -0.39 is 6.04 Å². The van der Waals surface area contributed by atoms with Crippen molar-refractivity contribution in [2.45, 2.75) is 13.0 Å². The molecule has 2 amide bonds. The zero-order valence-corrected chi connectivity index (χ0v) is 16.2. The molecule has 0 radical (unpaired) electrons. The number of thioether (sulfide) groups is 1. The molecule has 2 aliphatic rings. The van der Waals surface area contributed by atoms with Gasteiger partial charge >= 0.3 is 0 Å². The van der Waals surface area contributed by atoms with Gasteiger partial charge in [-0.1, -0.05) is 23.9 Å². The Morgan fingerprint density at radius 3 is 2.71 bits per heavy atom. The molecule has 2 aliphatic heterocycles. The van der Waals surface area contributed by atoms with Gasteiger partial charge in [-0.25, -0.2) is 9.89 Å². The Balaban J connectivity index is 1.49. The van der Waals surface area contributed by atoms with Crippen molar-refractivity contribution >= 4 is 46.0 Å². The summed E-state index contributed by atoms with van der Waals surface area (Å²) >= 11 is 1.22. The van der Waals surface area contributed by atoms with Crippen molar-refractivity contribution in [3.8, 4) is 5.75 Å². The zero-order valence-electron chi connectivity index (χ0n) is 15.4. The highest BCUT2D eigenvalue weighted by Crippen LogP contribution is 2.33. The van der Waals surface area contributed by atoms with E-state index in [0.29, 0.717) is 16.7 Å². The number of hydrogen-bond donors (Lipinski definition) is 1. The molecule has 2 heterocycles. The number of ether oxygens (including phenoxy) is 1. The fourth-order valence-corrected chi connectivity index (χ4v) is 3.77. The van der Waals surface area contributed by atoms with E-state index in [-0.39, 0.29) is 17.6 Å². The maximum Gasteiger partial charge on any atom is 0.258 e. The first-order valence-electron chi connectivity index (χ1n) is 8.73. The first-order valence-corrected chi connectivity index (χ1v) is 9.72. The number of aliphatic imine (C=N–C) groups is 2. The molecule has 0 saturated heterocycles. The number of methoxy groups -OCH3 is 1. The molecule has 2 aromatic rings. The Morgan fingerprint density at radius 1 is 1.21 bits per heavy atom. The van der Waals surface area contributed by atoms with E-state index in [0.717, 1.165) is 17.0 Å². The minimum Gasteiger partial charge on any atom is -0.497 e. The van der Waals surface area contributed by atoms with Gasteiger partial charge in [0.1, 0.15) is 17.6 Å². The molecule has 7 nitrogen and oxygen atoms in total. The number of carbonyl (C=O) groups excluding carboxylic acids is 2. The highest BCUT2D eigenvalue weighted by Gasteiger charge is 2.39. The smallest absolute Gasteiger partial charge is 0.258 e. The maximum atomic E-state index is 12.6. The number of fused-ring (bicyclic) bond motifs is 3. The van der Waals surface area contributed by atoms with Crippen molar-refractivity contribution in [3.05, 3.63) is 54.1 Å². The van der Waals surface area contributed by atoms with Gasteiger partial charge in [-0.3, -0.25) is 14.6 Å². The van der Waals surface area contributed by atoms with Crippen LogP contribution in [0.15, 0.2) is 58.5 Å². The molecular formula is C20H18N4O3S. The third-order valence-corrected chi connectivity index (χ3v) is 5.30. The van der Waals surface area contributed by atoms with Gasteiger partial charge in [0.15, 0.2) is 5.17 Å². The Kier molecular flexibility index (Phi) is 4.87. The lowest BCUT2D eigenvalue weighted by Gasteiger charge is -2.25. The SMILES string of the molecule is COc1ccc(NC(=O)CSC2=Nc3ccccc3C3=NC(C)C(=O)N23)cc1. The van der Waals surface area contributed by atoms with Gasteiger partial charge in [0, 0.05) is 11.3 Å². The van der Waals surface area contributed by atoms with Crippen molar-refractivity contribution in [1.29, 1.82) is 0 Å². The summed E-state index contributed by atoms with van der Waals surface area (Å²) in [7, 11) is 1.59. The van der Waals surface area contributed by atoms with Crippen LogP contribution in [0, 0.1) is 0 Å². The van der Waals surface area contributed by atoms with Gasteiger partial charge in [0.2, 0.25) is 5.91 Å². The van der Waals surface area contributed by atoms with Crippen LogP contribution in [0.5, 0.6) is 5.75 Å². The Bertz CT molecular complexity index is 1000. The van der Waals surface area contributed by atoms with Crippen molar-refractivity contribution in [2.24, 2.45) is 9.98 Å². The van der Waals surface area contributed by atoms with E-state index in [1.54, 1.807) is 38.3 Å². The van der Waals surface area contributed by atoms with Crippen molar-refractivity contribution in [2.75, 3.05) is 18.2 Å². The third-order valence-electron chi connectivity index (χ3n) is 4.36. The molecular weight excluding hydrogens is 376 g/mol. The van der Waals surface area contributed by atoms with E-state index in [4.69, 9.17) is 4.74 Å². The lowest BCUT2D eigenvalue weighted by Crippen LogP contribution is -2.41. The van der Waals surface area contributed by atoms with Crippen LogP contribution in [0.3, 0.4) is 0 Å². The van der Waals surface area contributed by atoms with Crippen LogP contribution >= 0.6 is 11.8 Å². The highest BCUT2D eigenvalue weighted by molar-refractivity contribution is 8.14. The van der Waals surface area contributed by atoms with Crippen LogP contribution in [-0.2, 0) is 9.59 Å². The van der Waals surface area contributed by atoms with E-state index in [2.05, 4.69) is 15.3 Å². The van der Waals surface area contributed by atoms with Crippen molar-refractivity contribution in [3.63, 3.8) is 0 Å². The maximum absolute atomic E-state index is 12.6. The number of para-hydroxylation sites is 1. The van der Waals surface area contributed by atoms with Crippen LogP contribution < -0.4 is 10.1 Å². The first kappa shape index (κ1) is 18.2. The first-order chi connectivity index (χ1) is 13.6. The van der Waals surface area contributed by atoms with Gasteiger partial charge in [0.25, 0.3) is 5.91 Å². The summed E-state index contributed by atoms with van der Waals surface area (Å²) in [5.74, 6) is 1.12. The van der Waals surface area contributed by atoms with Crippen molar-refractivity contribution in [1.82, 2.24) is 4.90 Å². The number of amidine groups is 2. The Hall–Kier alpha value is -3.13. The topological polar surface area (TPSA) is 83.4 Å². The molecule has 28 heavy (non-hydrogen) atoms. The molecule has 8 heteroatoms. The summed E-state index contributed by atoms with van der Waals surface area (Å²) in [4.78, 5) is 35.5. The second kappa shape index (κ2) is 7.47. The molecule has 2 aromatic carbocycles. The van der Waals surface area contributed by atoms with E-state index in [1.807, 2.05) is 24.3 Å². The standard InChI is InChI=1S/C20H18N4O3S/c1-12-19(26)24-18(21-12)15-5-3-4-6-16(15)23-20(24)28-11-17(25)22-13-7-9-14(27-2)10-8-13/h3-10,12H,11H2,1-2H3,(H,22,25). The number of benzene rings is 2. The second-order valence-corrected chi connectivity index (χ2v) is 7.22. The monoisotopic (exact) mass is 394 g/mol. The number of nitrogens with zero attached hydrogens (tertiary/aromatic N) is 3. The molecule has 1 N–H and O–H groups in total. The molecule has 1 atom stereocenters. The number of amides is 2. The lowest BCUT2D eigenvalue weighted by molar-refractivity contribution is -0.124. The summed E-state index contributed by atoms with van der Waals surface area (Å²) < 4.78 is 5.11. The van der Waals surface area contributed by atoms with Gasteiger partial charge in [-0.2, -0.15) is 0 Å². The van der Waals surface area contributed by atoms with E-state index in [9.17, 15) is 9.59 Å². The van der Waals surface area contributed by atoms with Crippen LogP contribution in [0.25, 0.3) is 0 Å². The van der Waals surface area contributed by atoms with E-state index >= 15 is 0 Å². The van der Waals surface area contributed by atoms with Crippen LogP contribution in [-0.4, -0.2) is 46.6 Å². The number of rotatable bonds is 4. The van der Waals surface area contributed by atoms with Crippen molar-refractivity contribution < 1.29 is 14.3 Å². The quantitative estimate of drug-likeness (QED) is 0.864. The average Bonchev–Trinajstić information content (AvgIpc) is 3.02. The summed E-state index contributed by atoms with van der Waals surface area (Å²) in [5, 5.41) is 3.30. The fraction of sp³-hybridized carbons (Fsp3) is 0.200. The highest BCUT2D eigenvalue weighted by atomic mass is 32.2. The predicted molar refractivity (Wildman–Crippen MR) is 110 cm³/mol. The van der Waals surface area contributed by atoms with Gasteiger partial charge < -0.3 is 10.1 Å². The van der Waals surface area contributed by atoms with Gasteiger partial charge in [-0.05, 0) is 43.3 Å². The van der Waals surface area contributed by atoms with Crippen LogP contribution in [0.2, 0.25) is 0 Å². The molecule has 0 aromatic heterocycles. The predicted octanol–water partition coefficient (Wildman–Crippen LogP) is 3.05. The Morgan fingerprint density at radius 2 is 1.96 bits per heavy atom. The molecule has 4 rings (SSSR count). The fourth-order valence-electron chi connectivity index (χ4n) is 2.97. The summed E-state index contributed by atoms with van der Waals surface area (Å²) in [6.07, 6.45) is 0. The second-order valence-electron chi connectivity index (χ2n) is 6.28. The normalized spacial score (nSPS) is 17.4. The largest absolute Gasteiger partial charge is 0.497 e. The number of nitrogens with one attached hydrogen (secondary N) is 1. The summed E-state index contributed by atoms with van der Waals surface area (Å²) in [5.41, 5.74) is 2.25. The number of hydrogen-bond acceptors (Lipinski definition) is 6. The number of carbonyl (C=O) groups is 2. The zero-order chi connectivity index (χ0) is 19.7. The molecule has 0 bridgehead atoms. The molecule has 0 spiro atoms. The van der Waals surface area contributed by atoms with Crippen LogP contribution in [0.4, 0.5) is 11.4 Å². The summed E-state index contributed by atoms with van der Waals surface area (Å²) in [6, 6.07) is 14.2. The molecule has 142 valence electrons. The average molecular weight is 394 g/mol. The molecule has 0 fully saturated rings. The summed E-state index contributed by atoms with van der Waals surface area (Å²) in [6.45, 7) is 1.76. The molecule has 0 aliphatic carbocycles. The minimum atomic E-state index is -0.458. The van der Waals surface area contributed by atoms with Crippen LogP contribution in [0.1, 0.15) is 12.5 Å². The molecule has 0 saturated carbocycles.